The topological polar surface area (TPSA) is 109 Å². The number of hydrogen-bond donors (Lipinski definition) is 1. The van der Waals surface area contributed by atoms with Gasteiger partial charge in [0.1, 0.15) is 6.29 Å². The Labute approximate surface area is 196 Å². The van der Waals surface area contributed by atoms with E-state index in [-0.39, 0.29) is 11.0 Å². The maximum atomic E-state index is 11.3. The number of nitrogens with two attached hydrogens (primary N) is 1. The summed E-state index contributed by atoms with van der Waals surface area (Å²) in [6.45, 7) is 8.56. The summed E-state index contributed by atoms with van der Waals surface area (Å²) in [5.74, 6) is -0.910. The van der Waals surface area contributed by atoms with Gasteiger partial charge in [0, 0.05) is 17.5 Å². The molecule has 0 saturated heterocycles. The molecule has 0 aliphatic rings. The van der Waals surface area contributed by atoms with Crippen LogP contribution >= 0.6 is 23.6 Å². The molecule has 0 atom stereocenters. The minimum atomic E-state index is -0.609. The molecule has 178 valence electrons. The number of rotatable bonds is 12. The maximum Gasteiger partial charge on any atom is 0.367 e. The van der Waals surface area contributed by atoms with E-state index in [1.807, 2.05) is 0 Å². The van der Waals surface area contributed by atoms with Crippen molar-refractivity contribution >= 4 is 46.8 Å². The molecular formula is C22H38N2O5S2. The van der Waals surface area contributed by atoms with Crippen molar-refractivity contribution < 1.29 is 23.9 Å². The minimum Gasteiger partial charge on any atom is -0.461 e. The van der Waals surface area contributed by atoms with E-state index >= 15 is 0 Å². The number of aromatic nitrogens is 1. The van der Waals surface area contributed by atoms with Crippen LogP contribution in [0.2, 0.25) is 0 Å². The number of aryl methyl sites for hydroxylation is 1. The predicted molar refractivity (Wildman–Crippen MR) is 130 cm³/mol. The van der Waals surface area contributed by atoms with Gasteiger partial charge in [-0.15, -0.1) is 11.3 Å². The van der Waals surface area contributed by atoms with Crippen molar-refractivity contribution in [1.82, 2.24) is 4.98 Å². The third-order valence-corrected chi connectivity index (χ3v) is 4.89. The highest BCUT2D eigenvalue weighted by Crippen LogP contribution is 2.16. The van der Waals surface area contributed by atoms with Gasteiger partial charge in [-0.3, -0.25) is 0 Å². The summed E-state index contributed by atoms with van der Waals surface area (Å²) in [7, 11) is 0. The second kappa shape index (κ2) is 22.8. The smallest absolute Gasteiger partial charge is 0.367 e. The van der Waals surface area contributed by atoms with Crippen LogP contribution < -0.4 is 5.73 Å². The van der Waals surface area contributed by atoms with Gasteiger partial charge < -0.3 is 20.0 Å². The summed E-state index contributed by atoms with van der Waals surface area (Å²) in [5, 5.41) is 0.475. The van der Waals surface area contributed by atoms with Gasteiger partial charge in [-0.1, -0.05) is 58.2 Å². The third kappa shape index (κ3) is 19.8. The number of hydrogen-bond acceptors (Lipinski definition) is 8. The molecule has 7 nitrogen and oxygen atoms in total. The summed E-state index contributed by atoms with van der Waals surface area (Å²) in [5.41, 5.74) is 4.88. The fraction of sp³-hybridized carbons (Fsp3) is 0.682. The molecule has 0 bridgehead atoms. The van der Waals surface area contributed by atoms with Gasteiger partial charge in [0.25, 0.3) is 0 Å². The number of carbonyl (C=O) groups is 3. The normalized spacial score (nSPS) is 9.42. The SMILES string of the molecule is CCCCCCC=O.CCCCCc1cnc(C(=O)OCC)s1.CCOC(=O)C(N)=S. The predicted octanol–water partition coefficient (Wildman–Crippen LogP) is 5.04. The van der Waals surface area contributed by atoms with E-state index in [0.29, 0.717) is 18.2 Å². The highest BCUT2D eigenvalue weighted by molar-refractivity contribution is 7.81. The molecule has 1 aromatic heterocycles. The van der Waals surface area contributed by atoms with Gasteiger partial charge >= 0.3 is 11.9 Å². The van der Waals surface area contributed by atoms with Crippen molar-refractivity contribution in [2.45, 2.75) is 85.5 Å². The van der Waals surface area contributed by atoms with Crippen LogP contribution in [0.3, 0.4) is 0 Å². The number of unbranched alkanes of at least 4 members (excludes halogenated alkanes) is 6. The third-order valence-electron chi connectivity index (χ3n) is 3.68. The Hall–Kier alpha value is -1.87. The van der Waals surface area contributed by atoms with Crippen molar-refractivity contribution in [2.24, 2.45) is 5.73 Å². The molecule has 1 heterocycles. The number of carbonyl (C=O) groups excluding carboxylic acids is 3. The highest BCUT2D eigenvalue weighted by atomic mass is 32.1. The Kier molecular flexibility index (Phi) is 23.0. The van der Waals surface area contributed by atoms with Gasteiger partial charge in [-0.2, -0.15) is 0 Å². The standard InChI is InChI=1S/C11H17NO2S.C7H14O.C4H7NO2S/c1-3-5-6-7-9-8-12-10(15-9)11(13)14-4-2;1-2-3-4-5-6-7-8;1-2-7-4(6)3(5)8/h8H,3-7H2,1-2H3;7H,2-6H2,1H3;2H2,1H3,(H2,5,8). The molecule has 31 heavy (non-hydrogen) atoms. The molecule has 0 radical (unpaired) electrons. The Morgan fingerprint density at radius 1 is 1.03 bits per heavy atom. The average Bonchev–Trinajstić information content (AvgIpc) is 3.22. The van der Waals surface area contributed by atoms with Crippen LogP contribution in [0.15, 0.2) is 6.20 Å². The first kappa shape index (κ1) is 31.3. The Balaban J connectivity index is 0. The van der Waals surface area contributed by atoms with E-state index in [1.54, 1.807) is 20.0 Å². The molecule has 0 amide bonds. The lowest BCUT2D eigenvalue weighted by molar-refractivity contribution is -0.134. The summed E-state index contributed by atoms with van der Waals surface area (Å²) in [6, 6.07) is 0. The zero-order chi connectivity index (χ0) is 23.9. The zero-order valence-corrected chi connectivity index (χ0v) is 20.9. The van der Waals surface area contributed by atoms with Crippen molar-refractivity contribution in [3.63, 3.8) is 0 Å². The largest absolute Gasteiger partial charge is 0.461 e. The summed E-state index contributed by atoms with van der Waals surface area (Å²) < 4.78 is 9.27. The first-order valence-electron chi connectivity index (χ1n) is 10.9. The first-order chi connectivity index (χ1) is 14.9. The average molecular weight is 475 g/mol. The molecular weight excluding hydrogens is 436 g/mol. The molecule has 9 heteroatoms. The van der Waals surface area contributed by atoms with Crippen molar-refractivity contribution in [3.8, 4) is 0 Å². The monoisotopic (exact) mass is 474 g/mol. The van der Waals surface area contributed by atoms with Gasteiger partial charge in [-0.25, -0.2) is 14.6 Å². The Bertz CT molecular complexity index is 621. The van der Waals surface area contributed by atoms with Crippen molar-refractivity contribution in [3.05, 3.63) is 16.1 Å². The van der Waals surface area contributed by atoms with Crippen LogP contribution in [0.1, 0.15) is 93.7 Å². The van der Waals surface area contributed by atoms with Gasteiger partial charge in [-0.05, 0) is 33.1 Å². The van der Waals surface area contributed by atoms with Crippen LogP contribution in [-0.2, 0) is 25.5 Å². The lowest BCUT2D eigenvalue weighted by atomic mass is 10.2. The van der Waals surface area contributed by atoms with Crippen molar-refractivity contribution in [1.29, 1.82) is 0 Å². The number of aldehydes is 1. The van der Waals surface area contributed by atoms with Crippen LogP contribution in [-0.4, -0.2) is 41.4 Å². The van der Waals surface area contributed by atoms with Crippen LogP contribution in [0.5, 0.6) is 0 Å². The Morgan fingerprint density at radius 2 is 1.65 bits per heavy atom. The van der Waals surface area contributed by atoms with E-state index in [1.165, 1.54) is 54.7 Å². The second-order valence-corrected chi connectivity index (χ2v) is 7.97. The molecule has 0 aromatic carbocycles. The van der Waals surface area contributed by atoms with E-state index in [4.69, 9.17) is 10.5 Å². The fourth-order valence-electron chi connectivity index (χ4n) is 2.12. The molecule has 0 unspecified atom stereocenters. The quantitative estimate of drug-likeness (QED) is 0.194. The van der Waals surface area contributed by atoms with Crippen LogP contribution in [0.4, 0.5) is 0 Å². The van der Waals surface area contributed by atoms with Gasteiger partial charge in [0.15, 0.2) is 4.99 Å². The summed E-state index contributed by atoms with van der Waals surface area (Å²) in [4.78, 5) is 36.4. The molecule has 2 N–H and O–H groups in total. The van der Waals surface area contributed by atoms with Gasteiger partial charge in [0.05, 0.1) is 13.2 Å². The minimum absolute atomic E-state index is 0.216. The van der Waals surface area contributed by atoms with Crippen molar-refractivity contribution in [2.75, 3.05) is 13.2 Å². The fourth-order valence-corrected chi connectivity index (χ4v) is 3.02. The number of esters is 2. The summed E-state index contributed by atoms with van der Waals surface area (Å²) in [6.07, 6.45) is 13.0. The highest BCUT2D eigenvalue weighted by Gasteiger charge is 2.11. The molecule has 1 rings (SSSR count). The van der Waals surface area contributed by atoms with E-state index in [0.717, 1.165) is 25.5 Å². The van der Waals surface area contributed by atoms with E-state index < -0.39 is 5.97 Å². The van der Waals surface area contributed by atoms with Gasteiger partial charge in [0.2, 0.25) is 5.01 Å². The molecule has 1 aromatic rings. The molecule has 0 spiro atoms. The van der Waals surface area contributed by atoms with Crippen LogP contribution in [0.25, 0.3) is 0 Å². The number of nitrogens with zero attached hydrogens (tertiary/aromatic N) is 1. The first-order valence-corrected chi connectivity index (χ1v) is 12.1. The zero-order valence-electron chi connectivity index (χ0n) is 19.3. The lowest BCUT2D eigenvalue weighted by Crippen LogP contribution is -2.23. The summed E-state index contributed by atoms with van der Waals surface area (Å²) >= 11 is 5.73. The second-order valence-electron chi connectivity index (χ2n) is 6.41. The maximum absolute atomic E-state index is 11.3. The molecule has 0 fully saturated rings. The Morgan fingerprint density at radius 3 is 2.13 bits per heavy atom. The van der Waals surface area contributed by atoms with Crippen LogP contribution in [0, 0.1) is 0 Å². The van der Waals surface area contributed by atoms with E-state index in [2.05, 4.69) is 35.8 Å². The number of ether oxygens (including phenoxy) is 2. The number of thiazole rings is 1. The van der Waals surface area contributed by atoms with E-state index in [9.17, 15) is 14.4 Å². The molecule has 0 saturated carbocycles. The number of thiocarbonyl (C=S) groups is 1. The lowest BCUT2D eigenvalue weighted by Gasteiger charge is -1.96. The molecule has 0 aliphatic carbocycles. The molecule has 0 aliphatic heterocycles.